The summed E-state index contributed by atoms with van der Waals surface area (Å²) in [5.41, 5.74) is 0.614. The third-order valence-electron chi connectivity index (χ3n) is 3.51. The highest BCUT2D eigenvalue weighted by atomic mass is 35.5. The molecule has 100 valence electrons. The van der Waals surface area contributed by atoms with E-state index in [1.807, 2.05) is 0 Å². The molecule has 0 bridgehead atoms. The van der Waals surface area contributed by atoms with Gasteiger partial charge >= 0.3 is 0 Å². The van der Waals surface area contributed by atoms with E-state index in [1.54, 1.807) is 18.2 Å². The molecular weight excluding hydrogens is 264 g/mol. The Hall–Kier alpha value is -0.803. The van der Waals surface area contributed by atoms with Crippen molar-refractivity contribution in [1.29, 1.82) is 0 Å². The standard InChI is InChI=1S/C14H21ClO2Si/c1-10(16)11-7-8-13(12(15)9-11)17-18(5,6)14(2,3)4/h7-9H,1-6H3. The van der Waals surface area contributed by atoms with Gasteiger partial charge in [-0.2, -0.15) is 0 Å². The van der Waals surface area contributed by atoms with Gasteiger partial charge in [0.1, 0.15) is 5.75 Å². The Labute approximate surface area is 115 Å². The van der Waals surface area contributed by atoms with Crippen LogP contribution >= 0.6 is 11.6 Å². The molecule has 0 aliphatic carbocycles. The summed E-state index contributed by atoms with van der Waals surface area (Å²) >= 11 is 6.17. The summed E-state index contributed by atoms with van der Waals surface area (Å²) in [7, 11) is -1.89. The van der Waals surface area contributed by atoms with Crippen molar-refractivity contribution >= 4 is 25.7 Å². The van der Waals surface area contributed by atoms with E-state index in [2.05, 4.69) is 33.9 Å². The first-order chi connectivity index (χ1) is 8.04. The maximum atomic E-state index is 11.3. The molecule has 0 unspecified atom stereocenters. The molecule has 0 amide bonds. The molecule has 0 aromatic heterocycles. The molecule has 0 aliphatic rings. The Bertz CT molecular complexity index is 461. The minimum atomic E-state index is -1.89. The van der Waals surface area contributed by atoms with Gasteiger partial charge in [-0.05, 0) is 43.3 Å². The zero-order chi connectivity index (χ0) is 14.1. The Morgan fingerprint density at radius 3 is 2.22 bits per heavy atom. The Balaban J connectivity index is 3.03. The predicted molar refractivity (Wildman–Crippen MR) is 79.3 cm³/mol. The van der Waals surface area contributed by atoms with E-state index in [1.165, 1.54) is 6.92 Å². The molecular formula is C14H21ClO2Si. The van der Waals surface area contributed by atoms with Gasteiger partial charge < -0.3 is 4.43 Å². The van der Waals surface area contributed by atoms with Gasteiger partial charge in [0.05, 0.1) is 5.02 Å². The molecule has 0 aliphatic heterocycles. The number of hydrogen-bond acceptors (Lipinski definition) is 2. The minimum Gasteiger partial charge on any atom is -0.543 e. The normalized spacial score (nSPS) is 12.4. The Morgan fingerprint density at radius 2 is 1.83 bits per heavy atom. The van der Waals surface area contributed by atoms with Crippen molar-refractivity contribution in [3.8, 4) is 5.75 Å². The summed E-state index contributed by atoms with van der Waals surface area (Å²) in [5.74, 6) is 0.684. The van der Waals surface area contributed by atoms with Crippen LogP contribution in [0.1, 0.15) is 38.1 Å². The van der Waals surface area contributed by atoms with Gasteiger partial charge in [0.25, 0.3) is 8.32 Å². The second kappa shape index (κ2) is 5.06. The molecule has 18 heavy (non-hydrogen) atoms. The average molecular weight is 285 g/mol. The molecule has 0 spiro atoms. The molecule has 0 N–H and O–H groups in total. The number of carbonyl (C=O) groups is 1. The highest BCUT2D eigenvalue weighted by Crippen LogP contribution is 2.39. The van der Waals surface area contributed by atoms with Crippen LogP contribution in [-0.4, -0.2) is 14.1 Å². The first-order valence-corrected chi connectivity index (χ1v) is 9.33. The van der Waals surface area contributed by atoms with Crippen LogP contribution in [0.2, 0.25) is 23.2 Å². The first kappa shape index (κ1) is 15.3. The summed E-state index contributed by atoms with van der Waals surface area (Å²) in [6.07, 6.45) is 0. The van der Waals surface area contributed by atoms with Crippen molar-refractivity contribution in [3.63, 3.8) is 0 Å². The first-order valence-electron chi connectivity index (χ1n) is 6.04. The van der Waals surface area contributed by atoms with Crippen molar-refractivity contribution in [3.05, 3.63) is 28.8 Å². The molecule has 1 rings (SSSR count). The van der Waals surface area contributed by atoms with Crippen molar-refractivity contribution in [2.24, 2.45) is 0 Å². The van der Waals surface area contributed by atoms with Gasteiger partial charge in [-0.1, -0.05) is 32.4 Å². The van der Waals surface area contributed by atoms with Crippen molar-refractivity contribution in [2.45, 2.75) is 45.8 Å². The quantitative estimate of drug-likeness (QED) is 0.581. The smallest absolute Gasteiger partial charge is 0.250 e. The monoisotopic (exact) mass is 284 g/mol. The van der Waals surface area contributed by atoms with E-state index in [0.717, 1.165) is 0 Å². The molecule has 0 saturated carbocycles. The third-order valence-corrected chi connectivity index (χ3v) is 8.15. The lowest BCUT2D eigenvalue weighted by atomic mass is 10.1. The van der Waals surface area contributed by atoms with Gasteiger partial charge in [-0.25, -0.2) is 0 Å². The summed E-state index contributed by atoms with van der Waals surface area (Å²) in [6.45, 7) is 12.4. The zero-order valence-electron chi connectivity index (χ0n) is 11.9. The summed E-state index contributed by atoms with van der Waals surface area (Å²) in [4.78, 5) is 11.3. The molecule has 4 heteroatoms. The molecule has 1 aromatic carbocycles. The second-order valence-electron chi connectivity index (χ2n) is 6.06. The number of Topliss-reactive ketones (excluding diaryl/α,β-unsaturated/α-hetero) is 1. The third kappa shape index (κ3) is 3.36. The number of ketones is 1. The van der Waals surface area contributed by atoms with E-state index in [-0.39, 0.29) is 10.8 Å². The summed E-state index contributed by atoms with van der Waals surface area (Å²) in [6, 6.07) is 5.22. The lowest BCUT2D eigenvalue weighted by Crippen LogP contribution is -2.43. The van der Waals surface area contributed by atoms with Crippen LogP contribution in [0.4, 0.5) is 0 Å². The van der Waals surface area contributed by atoms with Gasteiger partial charge in [-0.15, -0.1) is 0 Å². The fraction of sp³-hybridized carbons (Fsp3) is 0.500. The maximum Gasteiger partial charge on any atom is 0.250 e. The van der Waals surface area contributed by atoms with Crippen LogP contribution in [-0.2, 0) is 0 Å². The number of rotatable bonds is 3. The van der Waals surface area contributed by atoms with Crippen LogP contribution in [0.15, 0.2) is 18.2 Å². The van der Waals surface area contributed by atoms with Crippen LogP contribution < -0.4 is 4.43 Å². The Kier molecular flexibility index (Phi) is 4.29. The Morgan fingerprint density at radius 1 is 1.28 bits per heavy atom. The summed E-state index contributed by atoms with van der Waals surface area (Å²) in [5, 5.41) is 0.628. The molecule has 0 atom stereocenters. The summed E-state index contributed by atoms with van der Waals surface area (Å²) < 4.78 is 6.13. The van der Waals surface area contributed by atoms with E-state index >= 15 is 0 Å². The van der Waals surface area contributed by atoms with Crippen LogP contribution in [0.5, 0.6) is 5.75 Å². The number of hydrogen-bond donors (Lipinski definition) is 0. The van der Waals surface area contributed by atoms with Crippen LogP contribution in [0, 0.1) is 0 Å². The van der Waals surface area contributed by atoms with E-state index in [4.69, 9.17) is 16.0 Å². The lowest BCUT2D eigenvalue weighted by Gasteiger charge is -2.36. The van der Waals surface area contributed by atoms with Gasteiger partial charge in [-0.3, -0.25) is 4.79 Å². The van der Waals surface area contributed by atoms with Gasteiger partial charge in [0, 0.05) is 5.56 Å². The second-order valence-corrected chi connectivity index (χ2v) is 11.2. The lowest BCUT2D eigenvalue weighted by molar-refractivity contribution is 0.101. The average Bonchev–Trinajstić information content (AvgIpc) is 2.18. The minimum absolute atomic E-state index is 0.00998. The molecule has 1 aromatic rings. The number of carbonyl (C=O) groups excluding carboxylic acids is 1. The highest BCUT2D eigenvalue weighted by molar-refractivity contribution is 6.74. The number of benzene rings is 1. The maximum absolute atomic E-state index is 11.3. The van der Waals surface area contributed by atoms with Gasteiger partial charge in [0.15, 0.2) is 5.78 Å². The largest absolute Gasteiger partial charge is 0.543 e. The van der Waals surface area contributed by atoms with Crippen LogP contribution in [0.3, 0.4) is 0 Å². The van der Waals surface area contributed by atoms with E-state index in [9.17, 15) is 4.79 Å². The topological polar surface area (TPSA) is 26.3 Å². The number of halogens is 1. The zero-order valence-corrected chi connectivity index (χ0v) is 13.7. The predicted octanol–water partition coefficient (Wildman–Crippen LogP) is 4.93. The highest BCUT2D eigenvalue weighted by Gasteiger charge is 2.39. The SMILES string of the molecule is CC(=O)c1ccc(O[Si](C)(C)C(C)(C)C)c(Cl)c1. The van der Waals surface area contributed by atoms with Crippen molar-refractivity contribution in [1.82, 2.24) is 0 Å². The molecule has 0 radical (unpaired) electrons. The molecule has 0 heterocycles. The van der Waals surface area contributed by atoms with E-state index < -0.39 is 8.32 Å². The van der Waals surface area contributed by atoms with Crippen molar-refractivity contribution < 1.29 is 9.22 Å². The van der Waals surface area contributed by atoms with Gasteiger partial charge in [0.2, 0.25) is 0 Å². The molecule has 2 nitrogen and oxygen atoms in total. The van der Waals surface area contributed by atoms with E-state index in [0.29, 0.717) is 16.3 Å². The van der Waals surface area contributed by atoms with Crippen molar-refractivity contribution in [2.75, 3.05) is 0 Å². The molecule has 0 fully saturated rings. The molecule has 0 saturated heterocycles. The van der Waals surface area contributed by atoms with Crippen LogP contribution in [0.25, 0.3) is 0 Å². The fourth-order valence-electron chi connectivity index (χ4n) is 1.23. The fourth-order valence-corrected chi connectivity index (χ4v) is 2.55.